The highest BCUT2D eigenvalue weighted by atomic mass is 16.5. The van der Waals surface area contributed by atoms with Crippen LogP contribution in [0, 0.1) is 0 Å². The molecule has 1 heterocycles. The molecule has 1 aliphatic rings. The molecule has 0 aromatic carbocycles. The molecule has 0 amide bonds. The minimum absolute atomic E-state index is 0.114. The van der Waals surface area contributed by atoms with Gasteiger partial charge in [0, 0.05) is 18.6 Å². The van der Waals surface area contributed by atoms with Crippen LogP contribution in [0.15, 0.2) is 0 Å². The largest absolute Gasteiger partial charge is 0.481 e. The Kier molecular flexibility index (Phi) is 4.35. The van der Waals surface area contributed by atoms with Gasteiger partial charge in [-0.25, -0.2) is 0 Å². The zero-order valence-corrected chi connectivity index (χ0v) is 8.71. The number of hydrogen-bond acceptors (Lipinski definition) is 3. The molecule has 4 nitrogen and oxygen atoms in total. The van der Waals surface area contributed by atoms with E-state index in [-0.39, 0.29) is 12.0 Å². The standard InChI is InChI=1S/C10H19NO3/c1-10(5-7-14-8-10)11-6-3-2-4-9(12)13/h11H,2-8H2,1H3,(H,12,13). The number of aliphatic carboxylic acids is 1. The molecule has 1 fully saturated rings. The third kappa shape index (κ3) is 4.07. The Labute approximate surface area is 84.6 Å². The summed E-state index contributed by atoms with van der Waals surface area (Å²) < 4.78 is 5.30. The fraction of sp³-hybridized carbons (Fsp3) is 0.900. The lowest BCUT2D eigenvalue weighted by Crippen LogP contribution is -2.43. The first-order chi connectivity index (χ1) is 6.62. The van der Waals surface area contributed by atoms with Crippen molar-refractivity contribution in [2.75, 3.05) is 19.8 Å². The predicted molar refractivity (Wildman–Crippen MR) is 53.3 cm³/mol. The highest BCUT2D eigenvalue weighted by Crippen LogP contribution is 2.17. The smallest absolute Gasteiger partial charge is 0.303 e. The normalized spacial score (nSPS) is 26.6. The van der Waals surface area contributed by atoms with E-state index in [1.165, 1.54) is 0 Å². The molecular weight excluding hydrogens is 182 g/mol. The van der Waals surface area contributed by atoms with Gasteiger partial charge < -0.3 is 15.2 Å². The topological polar surface area (TPSA) is 58.6 Å². The molecule has 1 atom stereocenters. The first kappa shape index (κ1) is 11.5. The first-order valence-electron chi connectivity index (χ1n) is 5.17. The number of carboxylic acid groups (broad SMARTS) is 1. The quantitative estimate of drug-likeness (QED) is 0.630. The van der Waals surface area contributed by atoms with Crippen LogP contribution in [0.5, 0.6) is 0 Å². The molecule has 0 spiro atoms. The van der Waals surface area contributed by atoms with Gasteiger partial charge in [0.1, 0.15) is 0 Å². The van der Waals surface area contributed by atoms with Crippen molar-refractivity contribution in [3.63, 3.8) is 0 Å². The molecule has 0 radical (unpaired) electrons. The molecule has 0 aromatic heterocycles. The van der Waals surface area contributed by atoms with Gasteiger partial charge in [-0.3, -0.25) is 4.79 Å². The van der Waals surface area contributed by atoms with Crippen molar-refractivity contribution in [1.82, 2.24) is 5.32 Å². The Bertz CT molecular complexity index is 188. The Morgan fingerprint density at radius 3 is 2.93 bits per heavy atom. The van der Waals surface area contributed by atoms with Crippen LogP contribution in [-0.4, -0.2) is 36.4 Å². The summed E-state index contributed by atoms with van der Waals surface area (Å²) in [6.07, 6.45) is 2.99. The molecule has 0 aliphatic carbocycles. The Hall–Kier alpha value is -0.610. The van der Waals surface area contributed by atoms with Gasteiger partial charge in [0.15, 0.2) is 0 Å². The monoisotopic (exact) mass is 201 g/mol. The maximum absolute atomic E-state index is 10.2. The number of carbonyl (C=O) groups is 1. The van der Waals surface area contributed by atoms with Crippen molar-refractivity contribution >= 4 is 5.97 Å². The van der Waals surface area contributed by atoms with Crippen molar-refractivity contribution in [3.05, 3.63) is 0 Å². The Balaban J connectivity index is 2.00. The van der Waals surface area contributed by atoms with Crippen molar-refractivity contribution < 1.29 is 14.6 Å². The molecule has 14 heavy (non-hydrogen) atoms. The van der Waals surface area contributed by atoms with E-state index >= 15 is 0 Å². The summed E-state index contributed by atoms with van der Waals surface area (Å²) in [4.78, 5) is 10.2. The lowest BCUT2D eigenvalue weighted by Gasteiger charge is -2.23. The van der Waals surface area contributed by atoms with E-state index in [0.29, 0.717) is 0 Å². The lowest BCUT2D eigenvalue weighted by molar-refractivity contribution is -0.137. The van der Waals surface area contributed by atoms with E-state index < -0.39 is 5.97 Å². The highest BCUT2D eigenvalue weighted by Gasteiger charge is 2.28. The van der Waals surface area contributed by atoms with Gasteiger partial charge in [0.2, 0.25) is 0 Å². The molecule has 1 saturated heterocycles. The summed E-state index contributed by atoms with van der Waals surface area (Å²) in [7, 11) is 0. The lowest BCUT2D eigenvalue weighted by atomic mass is 10.0. The van der Waals surface area contributed by atoms with Crippen LogP contribution < -0.4 is 5.32 Å². The summed E-state index contributed by atoms with van der Waals surface area (Å²) in [5, 5.41) is 11.8. The second kappa shape index (κ2) is 5.32. The maximum atomic E-state index is 10.2. The van der Waals surface area contributed by atoms with E-state index in [1.54, 1.807) is 0 Å². The third-order valence-electron chi connectivity index (χ3n) is 2.59. The van der Waals surface area contributed by atoms with Crippen LogP contribution in [0.4, 0.5) is 0 Å². The van der Waals surface area contributed by atoms with E-state index in [9.17, 15) is 4.79 Å². The predicted octanol–water partition coefficient (Wildman–Crippen LogP) is 1.01. The number of nitrogens with one attached hydrogen (secondary N) is 1. The average molecular weight is 201 g/mol. The van der Waals surface area contributed by atoms with Crippen molar-refractivity contribution in [2.24, 2.45) is 0 Å². The molecule has 0 aromatic rings. The summed E-state index contributed by atoms with van der Waals surface area (Å²) >= 11 is 0. The van der Waals surface area contributed by atoms with Gasteiger partial charge >= 0.3 is 5.97 Å². The number of hydrogen-bond donors (Lipinski definition) is 2. The van der Waals surface area contributed by atoms with E-state index in [1.807, 2.05) is 0 Å². The van der Waals surface area contributed by atoms with Crippen LogP contribution >= 0.6 is 0 Å². The van der Waals surface area contributed by atoms with Crippen LogP contribution in [0.2, 0.25) is 0 Å². The Morgan fingerprint density at radius 1 is 1.57 bits per heavy atom. The van der Waals surface area contributed by atoms with Crippen LogP contribution in [0.1, 0.15) is 32.6 Å². The van der Waals surface area contributed by atoms with Gasteiger partial charge in [0.25, 0.3) is 0 Å². The zero-order chi connectivity index (χ0) is 10.4. The number of unbranched alkanes of at least 4 members (excludes halogenated alkanes) is 1. The number of rotatable bonds is 6. The number of ether oxygens (including phenoxy) is 1. The molecule has 1 rings (SSSR count). The third-order valence-corrected chi connectivity index (χ3v) is 2.59. The van der Waals surface area contributed by atoms with Gasteiger partial charge in [-0.05, 0) is 32.7 Å². The van der Waals surface area contributed by atoms with Crippen molar-refractivity contribution in [2.45, 2.75) is 38.1 Å². The second-order valence-electron chi connectivity index (χ2n) is 4.14. The van der Waals surface area contributed by atoms with E-state index in [4.69, 9.17) is 9.84 Å². The minimum Gasteiger partial charge on any atom is -0.481 e. The van der Waals surface area contributed by atoms with Gasteiger partial charge in [-0.2, -0.15) is 0 Å². The molecule has 2 N–H and O–H groups in total. The van der Waals surface area contributed by atoms with Crippen LogP contribution in [0.25, 0.3) is 0 Å². The second-order valence-corrected chi connectivity index (χ2v) is 4.14. The summed E-state index contributed by atoms with van der Waals surface area (Å²) in [5.74, 6) is -0.708. The van der Waals surface area contributed by atoms with Gasteiger partial charge in [-0.15, -0.1) is 0 Å². The molecule has 82 valence electrons. The van der Waals surface area contributed by atoms with Crippen LogP contribution in [0.3, 0.4) is 0 Å². The van der Waals surface area contributed by atoms with E-state index in [2.05, 4.69) is 12.2 Å². The van der Waals surface area contributed by atoms with Gasteiger partial charge in [-0.1, -0.05) is 0 Å². The maximum Gasteiger partial charge on any atom is 0.303 e. The SMILES string of the molecule is CC1(NCCCCC(=O)O)CCOC1. The van der Waals surface area contributed by atoms with Gasteiger partial charge in [0.05, 0.1) is 6.61 Å². The fourth-order valence-corrected chi connectivity index (χ4v) is 1.60. The molecule has 1 unspecified atom stereocenters. The molecule has 0 saturated carbocycles. The van der Waals surface area contributed by atoms with Crippen LogP contribution in [-0.2, 0) is 9.53 Å². The average Bonchev–Trinajstić information content (AvgIpc) is 2.51. The summed E-state index contributed by atoms with van der Waals surface area (Å²) in [6.45, 7) is 4.63. The Morgan fingerprint density at radius 2 is 2.36 bits per heavy atom. The molecule has 1 aliphatic heterocycles. The zero-order valence-electron chi connectivity index (χ0n) is 8.71. The molecular formula is C10H19NO3. The first-order valence-corrected chi connectivity index (χ1v) is 5.17. The highest BCUT2D eigenvalue weighted by molar-refractivity contribution is 5.66. The van der Waals surface area contributed by atoms with Crippen molar-refractivity contribution in [3.8, 4) is 0 Å². The van der Waals surface area contributed by atoms with Crippen molar-refractivity contribution in [1.29, 1.82) is 0 Å². The number of carboxylic acids is 1. The minimum atomic E-state index is -0.708. The van der Waals surface area contributed by atoms with E-state index in [0.717, 1.165) is 39.0 Å². The fourth-order valence-electron chi connectivity index (χ4n) is 1.60. The summed E-state index contributed by atoms with van der Waals surface area (Å²) in [5.41, 5.74) is 0.114. The molecule has 0 bridgehead atoms. The summed E-state index contributed by atoms with van der Waals surface area (Å²) in [6, 6.07) is 0. The molecule has 4 heteroatoms.